The number of piperidine rings is 1. The number of ether oxygens (including phenoxy) is 1. The van der Waals surface area contributed by atoms with Crippen LogP contribution in [0, 0.1) is 18.6 Å². The number of aromatic carboxylic acids is 1. The summed E-state index contributed by atoms with van der Waals surface area (Å²) < 4.78 is 46.8. The molecule has 2 bridgehead atoms. The molecular formula is C30H28F2N2O5. The van der Waals surface area contributed by atoms with E-state index in [4.69, 9.17) is 13.7 Å². The zero-order valence-corrected chi connectivity index (χ0v) is 21.5. The van der Waals surface area contributed by atoms with E-state index in [1.54, 1.807) is 6.07 Å². The molecule has 1 saturated carbocycles. The molecular weight excluding hydrogens is 506 g/mol. The lowest BCUT2D eigenvalue weighted by Gasteiger charge is -2.41. The van der Waals surface area contributed by atoms with E-state index < -0.39 is 17.6 Å². The molecule has 3 aliphatic rings. The Balaban J connectivity index is 1.12. The Hall–Kier alpha value is -3.72. The number of furan rings is 1. The maximum absolute atomic E-state index is 14.6. The van der Waals surface area contributed by atoms with Crippen molar-refractivity contribution < 1.29 is 32.4 Å². The molecule has 2 aromatic heterocycles. The summed E-state index contributed by atoms with van der Waals surface area (Å²) in [5, 5.41) is 14.2. The first-order valence-electron chi connectivity index (χ1n) is 13.5. The van der Waals surface area contributed by atoms with Gasteiger partial charge in [0.2, 0.25) is 5.76 Å². The van der Waals surface area contributed by atoms with Gasteiger partial charge < -0.3 is 23.7 Å². The van der Waals surface area contributed by atoms with E-state index in [1.807, 2.05) is 19.1 Å². The van der Waals surface area contributed by atoms with E-state index in [-0.39, 0.29) is 47.7 Å². The molecule has 4 heterocycles. The Morgan fingerprint density at radius 2 is 1.82 bits per heavy atom. The highest BCUT2D eigenvalue weighted by Crippen LogP contribution is 2.46. The van der Waals surface area contributed by atoms with Crippen LogP contribution in [0.1, 0.15) is 71.9 Å². The average Bonchev–Trinajstić information content (AvgIpc) is 3.42. The molecule has 4 aromatic rings. The molecule has 0 spiro atoms. The molecule has 3 atom stereocenters. The third-order valence-corrected chi connectivity index (χ3v) is 8.55. The van der Waals surface area contributed by atoms with Gasteiger partial charge in [-0.2, -0.15) is 0 Å². The standard InChI is InChI=1S/C30H28F2N2O5/c1-15-20-13-26(30(35)36)38-25(20)10-9-24(15)34-17-7-8-18(34)12-19(11-17)37-14-21-28(33-39-29(21)16-5-6-16)27-22(31)3-2-4-23(27)32/h2-4,9-10,13,16-19H,5-8,11-12,14H2,1H3,(H,35,36)/t17-,18?,19?/m0/s1. The second-order valence-electron chi connectivity index (χ2n) is 11.0. The first-order valence-corrected chi connectivity index (χ1v) is 13.5. The van der Waals surface area contributed by atoms with E-state index in [0.717, 1.165) is 55.2 Å². The molecule has 0 amide bonds. The van der Waals surface area contributed by atoms with Crippen LogP contribution in [0.2, 0.25) is 0 Å². The Morgan fingerprint density at radius 1 is 1.10 bits per heavy atom. The van der Waals surface area contributed by atoms with Gasteiger partial charge in [0.1, 0.15) is 28.7 Å². The minimum atomic E-state index is -1.08. The van der Waals surface area contributed by atoms with Crippen molar-refractivity contribution in [2.45, 2.75) is 76.2 Å². The largest absolute Gasteiger partial charge is 0.475 e. The van der Waals surface area contributed by atoms with Crippen LogP contribution in [0.5, 0.6) is 0 Å². The molecule has 1 aliphatic carbocycles. The molecule has 202 valence electrons. The van der Waals surface area contributed by atoms with E-state index in [9.17, 15) is 18.7 Å². The van der Waals surface area contributed by atoms with Crippen molar-refractivity contribution in [3.63, 3.8) is 0 Å². The summed E-state index contributed by atoms with van der Waals surface area (Å²) in [7, 11) is 0. The number of halogens is 2. The number of carboxylic acids is 1. The zero-order valence-electron chi connectivity index (χ0n) is 21.5. The zero-order chi connectivity index (χ0) is 26.8. The van der Waals surface area contributed by atoms with Gasteiger partial charge in [0.05, 0.1) is 18.3 Å². The fourth-order valence-electron chi connectivity index (χ4n) is 6.53. The Bertz CT molecular complexity index is 1560. The van der Waals surface area contributed by atoms with Gasteiger partial charge in [0, 0.05) is 34.6 Å². The topological polar surface area (TPSA) is 88.9 Å². The maximum Gasteiger partial charge on any atom is 0.371 e. The number of nitrogens with zero attached hydrogens (tertiary/aromatic N) is 2. The maximum atomic E-state index is 14.6. The summed E-state index contributed by atoms with van der Waals surface area (Å²) >= 11 is 0. The van der Waals surface area contributed by atoms with Crippen LogP contribution in [0.15, 0.2) is 45.3 Å². The smallest absolute Gasteiger partial charge is 0.371 e. The number of carboxylic acid groups (broad SMARTS) is 1. The average molecular weight is 535 g/mol. The van der Waals surface area contributed by atoms with E-state index in [0.29, 0.717) is 16.9 Å². The lowest BCUT2D eigenvalue weighted by atomic mass is 9.96. The lowest BCUT2D eigenvalue weighted by molar-refractivity contribution is 0.0147. The summed E-state index contributed by atoms with van der Waals surface area (Å²) in [5.41, 5.74) is 3.34. The van der Waals surface area contributed by atoms with Gasteiger partial charge in [-0.25, -0.2) is 13.6 Å². The molecule has 7 nitrogen and oxygen atoms in total. The number of rotatable bonds is 7. The van der Waals surface area contributed by atoms with Crippen molar-refractivity contribution in [1.82, 2.24) is 5.16 Å². The van der Waals surface area contributed by atoms with Crippen molar-refractivity contribution >= 4 is 22.6 Å². The van der Waals surface area contributed by atoms with Crippen molar-refractivity contribution in [2.75, 3.05) is 4.90 Å². The summed E-state index contributed by atoms with van der Waals surface area (Å²) in [6.07, 6.45) is 5.67. The van der Waals surface area contributed by atoms with Crippen LogP contribution in [0.4, 0.5) is 14.5 Å². The van der Waals surface area contributed by atoms with Gasteiger partial charge in [0.15, 0.2) is 0 Å². The van der Waals surface area contributed by atoms with Crippen LogP contribution in [0.3, 0.4) is 0 Å². The highest BCUT2D eigenvalue weighted by atomic mass is 19.1. The third-order valence-electron chi connectivity index (χ3n) is 8.55. The number of hydrogen-bond donors (Lipinski definition) is 1. The quantitative estimate of drug-likeness (QED) is 0.274. The third kappa shape index (κ3) is 4.11. The number of aryl methyl sites for hydroxylation is 1. The van der Waals surface area contributed by atoms with Crippen LogP contribution in [-0.4, -0.2) is 34.4 Å². The second-order valence-corrected chi connectivity index (χ2v) is 11.0. The van der Waals surface area contributed by atoms with Gasteiger partial charge in [0.25, 0.3) is 0 Å². The fraction of sp³-hybridized carbons (Fsp3) is 0.400. The summed E-state index contributed by atoms with van der Waals surface area (Å²) in [6.45, 7) is 2.20. The lowest BCUT2D eigenvalue weighted by Crippen LogP contribution is -2.45. The van der Waals surface area contributed by atoms with Gasteiger partial charge in [-0.1, -0.05) is 11.2 Å². The Kier molecular flexibility index (Phi) is 5.73. The molecule has 3 fully saturated rings. The number of anilines is 1. The van der Waals surface area contributed by atoms with Crippen molar-refractivity contribution in [1.29, 1.82) is 0 Å². The second kappa shape index (κ2) is 9.19. The van der Waals surface area contributed by atoms with Crippen molar-refractivity contribution in [2.24, 2.45) is 0 Å². The molecule has 7 rings (SSSR count). The molecule has 1 N–H and O–H groups in total. The monoisotopic (exact) mass is 534 g/mol. The highest BCUT2D eigenvalue weighted by molar-refractivity contribution is 5.94. The molecule has 2 unspecified atom stereocenters. The number of fused-ring (bicyclic) bond motifs is 3. The van der Waals surface area contributed by atoms with Gasteiger partial charge in [-0.15, -0.1) is 0 Å². The Morgan fingerprint density at radius 3 is 2.49 bits per heavy atom. The number of carbonyl (C=O) groups is 1. The van der Waals surface area contributed by atoms with Gasteiger partial charge in [-0.3, -0.25) is 0 Å². The van der Waals surface area contributed by atoms with Crippen LogP contribution >= 0.6 is 0 Å². The number of benzene rings is 2. The minimum Gasteiger partial charge on any atom is -0.475 e. The predicted molar refractivity (Wildman–Crippen MR) is 139 cm³/mol. The van der Waals surface area contributed by atoms with Crippen molar-refractivity contribution in [3.05, 3.63) is 70.7 Å². The molecule has 0 radical (unpaired) electrons. The van der Waals surface area contributed by atoms with Gasteiger partial charge >= 0.3 is 5.97 Å². The van der Waals surface area contributed by atoms with Crippen LogP contribution in [0.25, 0.3) is 22.2 Å². The van der Waals surface area contributed by atoms with E-state index >= 15 is 0 Å². The van der Waals surface area contributed by atoms with Crippen LogP contribution < -0.4 is 4.90 Å². The summed E-state index contributed by atoms with van der Waals surface area (Å²) in [4.78, 5) is 13.9. The SMILES string of the molecule is Cc1c(N2C3CC[C@H]2CC(OCc2c(-c4c(F)cccc4F)noc2C2CC2)C3)ccc2oc(C(=O)O)cc12. The molecule has 39 heavy (non-hydrogen) atoms. The van der Waals surface area contributed by atoms with E-state index in [1.165, 1.54) is 18.2 Å². The molecule has 2 saturated heterocycles. The van der Waals surface area contributed by atoms with E-state index in [2.05, 4.69) is 10.1 Å². The predicted octanol–water partition coefficient (Wildman–Crippen LogP) is 6.97. The summed E-state index contributed by atoms with van der Waals surface area (Å²) in [6, 6.07) is 9.83. The molecule has 2 aliphatic heterocycles. The number of aromatic nitrogens is 1. The fourth-order valence-corrected chi connectivity index (χ4v) is 6.53. The summed E-state index contributed by atoms with van der Waals surface area (Å²) in [5.74, 6) is -1.58. The van der Waals surface area contributed by atoms with Crippen molar-refractivity contribution in [3.8, 4) is 11.3 Å². The normalized spacial score (nSPS) is 22.6. The highest BCUT2D eigenvalue weighted by Gasteiger charge is 2.42. The minimum absolute atomic E-state index is 0.00408. The molecule has 2 aromatic carbocycles. The first kappa shape index (κ1) is 24.3. The number of hydrogen-bond acceptors (Lipinski definition) is 6. The van der Waals surface area contributed by atoms with Gasteiger partial charge in [-0.05, 0) is 81.3 Å². The Labute approximate surface area is 223 Å². The van der Waals surface area contributed by atoms with Crippen LogP contribution in [-0.2, 0) is 11.3 Å². The molecule has 9 heteroatoms. The first-order chi connectivity index (χ1) is 18.9.